The SMILES string of the molecule is CC[C@H]1CC(c2ccccc2)=NC(c2cccc(-c3cccc4c5ccccc5c5cc(C6=CCC7C(=C6)c6ccccc6N7c6ccccc6)ccc5c34)c2)=CC1c1ccccc1. The van der Waals surface area contributed by atoms with Crippen LogP contribution in [0.25, 0.3) is 60.3 Å². The molecule has 0 amide bonds. The molecule has 0 fully saturated rings. The predicted octanol–water partition coefficient (Wildman–Crippen LogP) is 16.2. The fourth-order valence-corrected chi connectivity index (χ4v) is 11.0. The van der Waals surface area contributed by atoms with Crippen molar-refractivity contribution in [3.63, 3.8) is 0 Å². The van der Waals surface area contributed by atoms with Gasteiger partial charge in [0.2, 0.25) is 0 Å². The Hall–Kier alpha value is -7.55. The van der Waals surface area contributed by atoms with E-state index in [1.54, 1.807) is 0 Å². The Kier molecular flexibility index (Phi) is 9.52. The van der Waals surface area contributed by atoms with Crippen molar-refractivity contribution in [2.75, 3.05) is 4.90 Å². The highest BCUT2D eigenvalue weighted by Crippen LogP contribution is 2.50. The topological polar surface area (TPSA) is 15.6 Å². The van der Waals surface area contributed by atoms with Gasteiger partial charge in [-0.25, -0.2) is 0 Å². The van der Waals surface area contributed by atoms with Gasteiger partial charge in [0.15, 0.2) is 0 Å². The largest absolute Gasteiger partial charge is 0.333 e. The highest BCUT2D eigenvalue weighted by Gasteiger charge is 2.36. The molecule has 9 aromatic rings. The third kappa shape index (κ3) is 6.52. The van der Waals surface area contributed by atoms with Gasteiger partial charge in [0.05, 0.1) is 11.7 Å². The van der Waals surface area contributed by atoms with Gasteiger partial charge in [-0.1, -0.05) is 195 Å². The predicted molar refractivity (Wildman–Crippen MR) is 272 cm³/mol. The van der Waals surface area contributed by atoms with E-state index in [1.807, 2.05) is 0 Å². The van der Waals surface area contributed by atoms with Gasteiger partial charge in [0, 0.05) is 34.1 Å². The number of rotatable bonds is 7. The van der Waals surface area contributed by atoms with Gasteiger partial charge in [-0.05, 0) is 126 Å². The highest BCUT2D eigenvalue weighted by atomic mass is 15.2. The highest BCUT2D eigenvalue weighted by molar-refractivity contribution is 6.28. The smallest absolute Gasteiger partial charge is 0.0672 e. The monoisotopic (exact) mass is 820 g/mol. The molecule has 2 heteroatoms. The lowest BCUT2D eigenvalue weighted by molar-refractivity contribution is 0.481. The number of para-hydroxylation sites is 2. The first kappa shape index (κ1) is 38.2. The quantitative estimate of drug-likeness (QED) is 0.146. The van der Waals surface area contributed by atoms with E-state index in [2.05, 4.69) is 230 Å². The molecule has 1 aliphatic carbocycles. The van der Waals surface area contributed by atoms with Crippen LogP contribution in [0.15, 0.2) is 223 Å². The van der Waals surface area contributed by atoms with Crippen LogP contribution < -0.4 is 4.90 Å². The number of anilines is 2. The Morgan fingerprint density at radius 3 is 1.98 bits per heavy atom. The summed E-state index contributed by atoms with van der Waals surface area (Å²) in [6.07, 6.45) is 10.3. The number of hydrogen-bond acceptors (Lipinski definition) is 2. The minimum absolute atomic E-state index is 0.254. The maximum absolute atomic E-state index is 5.55. The molecule has 0 bridgehead atoms. The van der Waals surface area contributed by atoms with Crippen molar-refractivity contribution in [3.05, 3.63) is 246 Å². The summed E-state index contributed by atoms with van der Waals surface area (Å²) >= 11 is 0. The summed E-state index contributed by atoms with van der Waals surface area (Å²) in [6.45, 7) is 2.33. The number of hydrogen-bond donors (Lipinski definition) is 0. The molecular formula is C62H48N2. The van der Waals surface area contributed by atoms with Crippen LogP contribution in [0.1, 0.15) is 59.9 Å². The summed E-state index contributed by atoms with van der Waals surface area (Å²) in [7, 11) is 0. The molecule has 0 saturated heterocycles. The molecule has 0 saturated carbocycles. The summed E-state index contributed by atoms with van der Waals surface area (Å²) < 4.78 is 0. The van der Waals surface area contributed by atoms with E-state index < -0.39 is 0 Å². The van der Waals surface area contributed by atoms with E-state index in [1.165, 1.54) is 88.2 Å². The van der Waals surface area contributed by atoms with Crippen LogP contribution >= 0.6 is 0 Å². The Labute approximate surface area is 375 Å². The maximum atomic E-state index is 5.55. The van der Waals surface area contributed by atoms with Crippen molar-refractivity contribution in [3.8, 4) is 11.1 Å². The molecule has 306 valence electrons. The Bertz CT molecular complexity index is 3370. The average molecular weight is 821 g/mol. The van der Waals surface area contributed by atoms with Crippen LogP contribution in [0.3, 0.4) is 0 Å². The van der Waals surface area contributed by atoms with Crippen molar-refractivity contribution < 1.29 is 0 Å². The van der Waals surface area contributed by atoms with E-state index in [0.717, 1.165) is 36.2 Å². The van der Waals surface area contributed by atoms with E-state index in [9.17, 15) is 0 Å². The van der Waals surface area contributed by atoms with Crippen LogP contribution in [0.2, 0.25) is 0 Å². The number of allylic oxidation sites excluding steroid dienone is 3. The molecule has 2 unspecified atom stereocenters. The first-order valence-corrected chi connectivity index (χ1v) is 22.9. The minimum atomic E-state index is 0.254. The first-order valence-electron chi connectivity index (χ1n) is 22.9. The minimum Gasteiger partial charge on any atom is -0.333 e. The molecule has 2 nitrogen and oxygen atoms in total. The van der Waals surface area contributed by atoms with Crippen molar-refractivity contribution >= 4 is 66.2 Å². The Balaban J connectivity index is 0.990. The van der Waals surface area contributed by atoms with E-state index >= 15 is 0 Å². The Morgan fingerprint density at radius 1 is 0.531 bits per heavy atom. The molecule has 12 rings (SSSR count). The molecule has 0 N–H and O–H groups in total. The van der Waals surface area contributed by atoms with E-state index in [0.29, 0.717) is 5.92 Å². The third-order valence-electron chi connectivity index (χ3n) is 14.1. The molecule has 0 spiro atoms. The van der Waals surface area contributed by atoms with Crippen molar-refractivity contribution in [2.24, 2.45) is 10.9 Å². The van der Waals surface area contributed by atoms with Gasteiger partial charge in [0.1, 0.15) is 0 Å². The van der Waals surface area contributed by atoms with Gasteiger partial charge in [-0.15, -0.1) is 0 Å². The zero-order valence-corrected chi connectivity index (χ0v) is 36.0. The lowest BCUT2D eigenvalue weighted by Gasteiger charge is -2.29. The standard InChI is InChI=1S/C62H48N2/c1-2-41-39-58(43-20-8-4-9-21-43)63-59(40-55(41)42-18-6-3-7-19-42)47-23-16-22-46(36-47)49-29-17-30-53-50-26-12-13-27-51(50)56-37-44(32-34-54(56)62(49)53)45-33-35-61-57(38-45)52-28-14-15-31-60(52)64(61)48-24-10-5-11-25-48/h3-34,36-38,40-41,55,61H,2,35,39H2,1H3/t41-,55?,61?/m0/s1. The normalized spacial score (nSPS) is 18.2. The van der Waals surface area contributed by atoms with Crippen molar-refractivity contribution in [1.82, 2.24) is 0 Å². The maximum Gasteiger partial charge on any atom is 0.0672 e. The number of aliphatic imine (C=N–C) groups is 1. The molecular weight excluding hydrogens is 773 g/mol. The molecule has 64 heavy (non-hydrogen) atoms. The number of fused-ring (bicyclic) bond motifs is 9. The molecule has 9 aromatic carbocycles. The summed E-state index contributed by atoms with van der Waals surface area (Å²) in [6, 6.07) is 74.0. The molecule has 0 aromatic heterocycles. The van der Waals surface area contributed by atoms with Crippen LogP contribution in [-0.2, 0) is 0 Å². The second-order valence-electron chi connectivity index (χ2n) is 17.6. The zero-order chi connectivity index (χ0) is 42.6. The van der Waals surface area contributed by atoms with E-state index in [4.69, 9.17) is 4.99 Å². The second kappa shape index (κ2) is 16.0. The number of nitrogens with zero attached hydrogens (tertiary/aromatic N) is 2. The molecule has 3 atom stereocenters. The van der Waals surface area contributed by atoms with E-state index in [-0.39, 0.29) is 12.0 Å². The first-order chi connectivity index (χ1) is 31.7. The Morgan fingerprint density at radius 2 is 1.17 bits per heavy atom. The summed E-state index contributed by atoms with van der Waals surface area (Å²) in [5.74, 6) is 0.688. The molecule has 2 aliphatic heterocycles. The molecule has 0 radical (unpaired) electrons. The zero-order valence-electron chi connectivity index (χ0n) is 36.0. The molecule has 3 aliphatic rings. The fourth-order valence-electron chi connectivity index (χ4n) is 11.0. The van der Waals surface area contributed by atoms with Gasteiger partial charge in [-0.3, -0.25) is 4.99 Å². The summed E-state index contributed by atoms with van der Waals surface area (Å²) in [5.41, 5.74) is 16.1. The van der Waals surface area contributed by atoms with Crippen LogP contribution in [-0.4, -0.2) is 11.8 Å². The molecule has 2 heterocycles. The van der Waals surface area contributed by atoms with Gasteiger partial charge >= 0.3 is 0 Å². The third-order valence-corrected chi connectivity index (χ3v) is 14.1. The second-order valence-corrected chi connectivity index (χ2v) is 17.6. The van der Waals surface area contributed by atoms with Gasteiger partial charge in [-0.2, -0.15) is 0 Å². The van der Waals surface area contributed by atoms with Crippen LogP contribution in [0.4, 0.5) is 11.4 Å². The average Bonchev–Trinajstić information content (AvgIpc) is 3.57. The fraction of sp³-hybridized carbons (Fsp3) is 0.113. The van der Waals surface area contributed by atoms with Gasteiger partial charge < -0.3 is 4.90 Å². The lowest BCUT2D eigenvalue weighted by atomic mass is 9.80. The van der Waals surface area contributed by atoms with Gasteiger partial charge in [0.25, 0.3) is 0 Å². The summed E-state index contributed by atoms with van der Waals surface area (Å²) in [5, 5.41) is 7.68. The lowest BCUT2D eigenvalue weighted by Crippen LogP contribution is -2.27. The van der Waals surface area contributed by atoms with Crippen molar-refractivity contribution in [2.45, 2.75) is 38.1 Å². The van der Waals surface area contributed by atoms with Crippen LogP contribution in [0, 0.1) is 5.92 Å². The number of benzene rings is 9. The van der Waals surface area contributed by atoms with Crippen molar-refractivity contribution in [1.29, 1.82) is 0 Å². The van der Waals surface area contributed by atoms with Crippen LogP contribution in [0.5, 0.6) is 0 Å². The summed E-state index contributed by atoms with van der Waals surface area (Å²) in [4.78, 5) is 8.07.